The summed E-state index contributed by atoms with van der Waals surface area (Å²) >= 11 is 2.01. The van der Waals surface area contributed by atoms with E-state index in [0.29, 0.717) is 27.1 Å². The van der Waals surface area contributed by atoms with Crippen LogP contribution in [0.3, 0.4) is 0 Å². The van der Waals surface area contributed by atoms with E-state index < -0.39 is 0 Å². The molecule has 3 N–H and O–H groups in total. The zero-order valence-corrected chi connectivity index (χ0v) is 12.3. The van der Waals surface area contributed by atoms with Gasteiger partial charge in [-0.3, -0.25) is 4.79 Å². The summed E-state index contributed by atoms with van der Waals surface area (Å²) in [6, 6.07) is 0. The van der Waals surface area contributed by atoms with Crippen LogP contribution in [0.1, 0.15) is 31.0 Å². The van der Waals surface area contributed by atoms with Crippen LogP contribution < -0.4 is 10.9 Å². The average Bonchev–Trinajstić information content (AvgIpc) is 2.30. The average molecular weight is 349 g/mol. The Labute approximate surface area is 114 Å². The molecular formula is C11H16IN3O2. The predicted molar refractivity (Wildman–Crippen MR) is 74.7 cm³/mol. The Bertz CT molecular complexity index is 449. The number of aryl methyl sites for hydroxylation is 1. The summed E-state index contributed by atoms with van der Waals surface area (Å²) < 4.78 is 0.671. The molecule has 0 aliphatic heterocycles. The summed E-state index contributed by atoms with van der Waals surface area (Å²) in [4.78, 5) is 15.9. The molecule has 0 atom stereocenters. The van der Waals surface area contributed by atoms with Crippen molar-refractivity contribution < 1.29 is 9.90 Å². The van der Waals surface area contributed by atoms with Gasteiger partial charge in [0.1, 0.15) is 0 Å². The molecule has 1 amide bonds. The van der Waals surface area contributed by atoms with Gasteiger partial charge in [-0.2, -0.15) is 0 Å². The van der Waals surface area contributed by atoms with Gasteiger partial charge in [-0.1, -0.05) is 6.92 Å². The largest absolute Gasteiger partial charge is 0.505 e. The SMILES string of the molecule is CCCC(=O)N(N)c1nc(C)c(O)c(I)c1C. The molecule has 0 saturated heterocycles. The molecule has 0 spiro atoms. The highest BCUT2D eigenvalue weighted by Crippen LogP contribution is 2.30. The maximum atomic E-state index is 11.7. The summed E-state index contributed by atoms with van der Waals surface area (Å²) in [5.41, 5.74) is 1.18. The lowest BCUT2D eigenvalue weighted by Crippen LogP contribution is -2.38. The van der Waals surface area contributed by atoms with Crippen molar-refractivity contribution in [1.29, 1.82) is 0 Å². The fourth-order valence-corrected chi connectivity index (χ4v) is 2.05. The topological polar surface area (TPSA) is 79.5 Å². The molecule has 17 heavy (non-hydrogen) atoms. The molecule has 0 radical (unpaired) electrons. The number of hydrazine groups is 1. The van der Waals surface area contributed by atoms with Crippen molar-refractivity contribution in [2.24, 2.45) is 5.84 Å². The highest BCUT2D eigenvalue weighted by molar-refractivity contribution is 14.1. The van der Waals surface area contributed by atoms with E-state index in [1.807, 2.05) is 29.5 Å². The number of carbonyl (C=O) groups excluding carboxylic acids is 1. The van der Waals surface area contributed by atoms with Gasteiger partial charge in [0.15, 0.2) is 11.6 Å². The number of amides is 1. The summed E-state index contributed by atoms with van der Waals surface area (Å²) in [5.74, 6) is 6.12. The van der Waals surface area contributed by atoms with Gasteiger partial charge < -0.3 is 5.11 Å². The second-order valence-electron chi connectivity index (χ2n) is 3.82. The number of carbonyl (C=O) groups is 1. The lowest BCUT2D eigenvalue weighted by molar-refractivity contribution is -0.118. The monoisotopic (exact) mass is 349 g/mol. The Morgan fingerprint density at radius 2 is 2.12 bits per heavy atom. The first-order valence-electron chi connectivity index (χ1n) is 5.33. The van der Waals surface area contributed by atoms with Gasteiger partial charge in [-0.15, -0.1) is 0 Å². The van der Waals surface area contributed by atoms with E-state index in [0.717, 1.165) is 11.4 Å². The minimum Gasteiger partial charge on any atom is -0.505 e. The fraction of sp³-hybridized carbons (Fsp3) is 0.455. The maximum absolute atomic E-state index is 11.7. The smallest absolute Gasteiger partial charge is 0.242 e. The number of hydrogen-bond acceptors (Lipinski definition) is 4. The number of nitrogens with zero attached hydrogens (tertiary/aromatic N) is 2. The molecule has 6 heteroatoms. The summed E-state index contributed by atoms with van der Waals surface area (Å²) in [7, 11) is 0. The second-order valence-corrected chi connectivity index (χ2v) is 4.90. The summed E-state index contributed by atoms with van der Waals surface area (Å²) in [5, 5.41) is 10.8. The van der Waals surface area contributed by atoms with Crippen molar-refractivity contribution in [2.45, 2.75) is 33.6 Å². The molecule has 0 aliphatic rings. The number of aromatic hydroxyl groups is 1. The molecule has 1 aromatic heterocycles. The van der Waals surface area contributed by atoms with Crippen molar-refractivity contribution in [2.75, 3.05) is 5.01 Å². The van der Waals surface area contributed by atoms with Gasteiger partial charge in [0.05, 0.1) is 9.26 Å². The van der Waals surface area contributed by atoms with E-state index in [-0.39, 0.29) is 11.7 Å². The van der Waals surface area contributed by atoms with Gasteiger partial charge in [0.25, 0.3) is 0 Å². The predicted octanol–water partition coefficient (Wildman–Crippen LogP) is 2.02. The molecule has 0 bridgehead atoms. The van der Waals surface area contributed by atoms with Crippen LogP contribution in [0, 0.1) is 17.4 Å². The van der Waals surface area contributed by atoms with Crippen LogP contribution in [0.2, 0.25) is 0 Å². The van der Waals surface area contributed by atoms with Crippen LogP contribution in [0.25, 0.3) is 0 Å². The number of hydrogen-bond donors (Lipinski definition) is 2. The number of aromatic nitrogens is 1. The zero-order valence-electron chi connectivity index (χ0n) is 10.1. The van der Waals surface area contributed by atoms with E-state index in [4.69, 9.17) is 5.84 Å². The number of pyridine rings is 1. The second kappa shape index (κ2) is 5.63. The van der Waals surface area contributed by atoms with Crippen molar-refractivity contribution >= 4 is 34.3 Å². The highest BCUT2D eigenvalue weighted by atomic mass is 127. The van der Waals surface area contributed by atoms with Crippen molar-refractivity contribution in [3.05, 3.63) is 14.8 Å². The minimum atomic E-state index is -0.177. The van der Waals surface area contributed by atoms with Crippen LogP contribution >= 0.6 is 22.6 Å². The van der Waals surface area contributed by atoms with Gasteiger partial charge >= 0.3 is 0 Å². The molecule has 5 nitrogen and oxygen atoms in total. The first-order chi connectivity index (χ1) is 7.90. The number of nitrogens with two attached hydrogens (primary N) is 1. The van der Waals surface area contributed by atoms with E-state index >= 15 is 0 Å². The molecule has 0 unspecified atom stereocenters. The third kappa shape index (κ3) is 2.86. The van der Waals surface area contributed by atoms with Gasteiger partial charge in [0.2, 0.25) is 5.91 Å². The molecule has 0 fully saturated rings. The van der Waals surface area contributed by atoms with Crippen LogP contribution in [0.5, 0.6) is 5.75 Å². The van der Waals surface area contributed by atoms with E-state index in [2.05, 4.69) is 4.98 Å². The standard InChI is InChI=1S/C11H16IN3O2/c1-4-5-8(16)15(13)11-6(2)9(12)10(17)7(3)14-11/h17H,4-5,13H2,1-3H3. The van der Waals surface area contributed by atoms with E-state index in [1.165, 1.54) is 0 Å². The Hall–Kier alpha value is -0.890. The molecular weight excluding hydrogens is 333 g/mol. The van der Waals surface area contributed by atoms with Gasteiger partial charge in [-0.25, -0.2) is 15.8 Å². The van der Waals surface area contributed by atoms with Gasteiger partial charge in [0, 0.05) is 12.0 Å². The molecule has 0 aromatic carbocycles. The first kappa shape index (κ1) is 14.2. The molecule has 1 heterocycles. The van der Waals surface area contributed by atoms with Crippen LogP contribution in [0.4, 0.5) is 5.82 Å². The first-order valence-corrected chi connectivity index (χ1v) is 6.41. The molecule has 0 aliphatic carbocycles. The van der Waals surface area contributed by atoms with E-state index in [9.17, 15) is 9.90 Å². The lowest BCUT2D eigenvalue weighted by atomic mass is 10.2. The number of rotatable bonds is 3. The Kier molecular flexibility index (Phi) is 4.70. The highest BCUT2D eigenvalue weighted by Gasteiger charge is 2.19. The van der Waals surface area contributed by atoms with Crippen molar-refractivity contribution in [3.63, 3.8) is 0 Å². The van der Waals surface area contributed by atoms with Crippen LogP contribution in [0.15, 0.2) is 0 Å². The zero-order chi connectivity index (χ0) is 13.2. The van der Waals surface area contributed by atoms with Crippen molar-refractivity contribution in [3.8, 4) is 5.75 Å². The minimum absolute atomic E-state index is 0.142. The lowest BCUT2D eigenvalue weighted by Gasteiger charge is -2.19. The number of halogens is 1. The fourth-order valence-electron chi connectivity index (χ4n) is 1.42. The quantitative estimate of drug-likeness (QED) is 0.379. The Balaban J connectivity index is 3.19. The number of anilines is 1. The summed E-state index contributed by atoms with van der Waals surface area (Å²) in [6.07, 6.45) is 1.12. The summed E-state index contributed by atoms with van der Waals surface area (Å²) in [6.45, 7) is 5.37. The molecule has 1 rings (SSSR count). The Morgan fingerprint density at radius 1 is 1.53 bits per heavy atom. The molecule has 94 valence electrons. The third-order valence-corrected chi connectivity index (χ3v) is 3.77. The van der Waals surface area contributed by atoms with Crippen LogP contribution in [-0.4, -0.2) is 16.0 Å². The van der Waals surface area contributed by atoms with E-state index in [1.54, 1.807) is 13.8 Å². The van der Waals surface area contributed by atoms with Gasteiger partial charge in [-0.05, 0) is 42.9 Å². The molecule has 0 saturated carbocycles. The Morgan fingerprint density at radius 3 is 2.65 bits per heavy atom. The normalized spacial score (nSPS) is 10.4. The van der Waals surface area contributed by atoms with Crippen LogP contribution in [-0.2, 0) is 4.79 Å². The van der Waals surface area contributed by atoms with Crippen molar-refractivity contribution in [1.82, 2.24) is 4.98 Å². The third-order valence-electron chi connectivity index (χ3n) is 2.45. The maximum Gasteiger partial charge on any atom is 0.242 e. The molecule has 1 aromatic rings.